The van der Waals surface area contributed by atoms with Crippen molar-refractivity contribution in [1.82, 2.24) is 5.43 Å². The van der Waals surface area contributed by atoms with Crippen LogP contribution in [0.15, 0.2) is 59.7 Å². The number of carbonyl (C=O) groups excluding carboxylic acids is 2. The lowest BCUT2D eigenvalue weighted by atomic mass is 9.85. The highest BCUT2D eigenvalue weighted by Gasteiger charge is 2.42. The van der Waals surface area contributed by atoms with Gasteiger partial charge in [-0.15, -0.1) is 0 Å². The highest BCUT2D eigenvalue weighted by Crippen LogP contribution is 2.29. The van der Waals surface area contributed by atoms with Gasteiger partial charge < -0.3 is 9.47 Å². The molecule has 3 rings (SSSR count). The van der Waals surface area contributed by atoms with Gasteiger partial charge in [-0.3, -0.25) is 10.2 Å². The molecule has 0 amide bonds. The van der Waals surface area contributed by atoms with Crippen molar-refractivity contribution in [2.75, 3.05) is 13.7 Å². The minimum Gasteiger partial charge on any atom is -0.497 e. The van der Waals surface area contributed by atoms with Crippen molar-refractivity contribution < 1.29 is 19.1 Å². The number of nitrogens with one attached hydrogen (secondary N) is 1. The maximum Gasteiger partial charge on any atom is 0.331 e. The van der Waals surface area contributed by atoms with Gasteiger partial charge in [-0.25, -0.2) is 4.79 Å². The average Bonchev–Trinajstić information content (AvgIpc) is 3.13. The first-order valence-electron chi connectivity index (χ1n) is 8.39. The number of ketones is 1. The van der Waals surface area contributed by atoms with Crippen molar-refractivity contribution >= 4 is 17.5 Å². The van der Waals surface area contributed by atoms with E-state index in [0.29, 0.717) is 17.0 Å². The molecule has 0 saturated carbocycles. The van der Waals surface area contributed by atoms with Crippen molar-refractivity contribution in [2.45, 2.75) is 18.9 Å². The molecule has 6 nitrogen and oxygen atoms in total. The third kappa shape index (κ3) is 3.44. The molecule has 0 saturated heterocycles. The van der Waals surface area contributed by atoms with Crippen LogP contribution in [0.4, 0.5) is 0 Å². The third-order valence-corrected chi connectivity index (χ3v) is 4.24. The molecule has 0 bridgehead atoms. The van der Waals surface area contributed by atoms with Gasteiger partial charge in [0.05, 0.1) is 19.6 Å². The molecule has 0 spiro atoms. The second-order valence-electron chi connectivity index (χ2n) is 5.80. The van der Waals surface area contributed by atoms with Crippen LogP contribution in [0.5, 0.6) is 5.75 Å². The molecule has 1 N–H and O–H groups in total. The van der Waals surface area contributed by atoms with E-state index < -0.39 is 17.9 Å². The van der Waals surface area contributed by atoms with Crippen molar-refractivity contribution in [3.8, 4) is 5.75 Å². The van der Waals surface area contributed by atoms with Crippen LogP contribution in [-0.4, -0.2) is 37.2 Å². The maximum absolute atomic E-state index is 12.9. The molecule has 0 aromatic heterocycles. The fourth-order valence-corrected chi connectivity index (χ4v) is 2.95. The maximum atomic E-state index is 12.9. The Morgan fingerprint density at radius 2 is 1.77 bits per heavy atom. The molecule has 0 aliphatic carbocycles. The molecule has 0 unspecified atom stereocenters. The number of methoxy groups -OCH3 is 1. The van der Waals surface area contributed by atoms with E-state index in [0.717, 1.165) is 5.56 Å². The van der Waals surface area contributed by atoms with Gasteiger partial charge in [0.1, 0.15) is 11.5 Å². The Bertz CT molecular complexity index is 815. The predicted octanol–water partition coefficient (Wildman–Crippen LogP) is 2.55. The molecule has 0 fully saturated rings. The normalized spacial score (nSPS) is 18.6. The van der Waals surface area contributed by atoms with Gasteiger partial charge in [0.2, 0.25) is 5.78 Å². The summed E-state index contributed by atoms with van der Waals surface area (Å²) < 4.78 is 10.3. The predicted molar refractivity (Wildman–Crippen MR) is 97.5 cm³/mol. The topological polar surface area (TPSA) is 77.0 Å². The standard InChI is InChI=1S/C20H20N2O4/c1-3-26-20(24)18-16(13-9-11-15(25-2)12-10-13)17(21-22-18)19(23)14-7-5-4-6-8-14/h4-12,16,18,22H,3H2,1-2H3/t16-,18-/m1/s1. The zero-order valence-corrected chi connectivity index (χ0v) is 14.6. The van der Waals surface area contributed by atoms with Crippen molar-refractivity contribution in [1.29, 1.82) is 0 Å². The van der Waals surface area contributed by atoms with E-state index in [1.54, 1.807) is 50.4 Å². The van der Waals surface area contributed by atoms with Gasteiger partial charge in [0, 0.05) is 5.56 Å². The summed E-state index contributed by atoms with van der Waals surface area (Å²) in [6.07, 6.45) is 0. The van der Waals surface area contributed by atoms with E-state index in [4.69, 9.17) is 9.47 Å². The second kappa shape index (κ2) is 7.82. The highest BCUT2D eigenvalue weighted by atomic mass is 16.5. The molecular formula is C20H20N2O4. The molecule has 0 radical (unpaired) electrons. The van der Waals surface area contributed by atoms with Gasteiger partial charge >= 0.3 is 5.97 Å². The number of ether oxygens (including phenoxy) is 2. The van der Waals surface area contributed by atoms with Crippen LogP contribution in [0.1, 0.15) is 28.8 Å². The Labute approximate surface area is 151 Å². The minimum atomic E-state index is -0.744. The fourth-order valence-electron chi connectivity index (χ4n) is 2.95. The number of hydrazone groups is 1. The Morgan fingerprint density at radius 1 is 1.08 bits per heavy atom. The van der Waals surface area contributed by atoms with Crippen molar-refractivity contribution in [3.05, 3.63) is 65.7 Å². The Morgan fingerprint density at radius 3 is 2.38 bits per heavy atom. The molecular weight excluding hydrogens is 332 g/mol. The van der Waals surface area contributed by atoms with Crippen molar-refractivity contribution in [2.24, 2.45) is 5.10 Å². The van der Waals surface area contributed by atoms with Crippen LogP contribution in [-0.2, 0) is 9.53 Å². The van der Waals surface area contributed by atoms with Crippen LogP contribution < -0.4 is 10.2 Å². The SMILES string of the molecule is CCOC(=O)[C@@H]1NN=C(C(=O)c2ccccc2)[C@H]1c1ccc(OC)cc1. The zero-order valence-electron chi connectivity index (χ0n) is 14.6. The first-order valence-corrected chi connectivity index (χ1v) is 8.39. The summed E-state index contributed by atoms with van der Waals surface area (Å²) in [6, 6.07) is 15.4. The molecule has 2 aromatic rings. The lowest BCUT2D eigenvalue weighted by molar-refractivity contribution is -0.145. The number of hydrogen-bond donors (Lipinski definition) is 1. The monoisotopic (exact) mass is 352 g/mol. The molecule has 2 atom stereocenters. The first-order chi connectivity index (χ1) is 12.7. The molecule has 1 aliphatic heterocycles. The smallest absolute Gasteiger partial charge is 0.331 e. The Hall–Kier alpha value is -3.15. The van der Waals surface area contributed by atoms with Crippen LogP contribution in [0.25, 0.3) is 0 Å². The number of carbonyl (C=O) groups is 2. The van der Waals surface area contributed by atoms with Gasteiger partial charge in [-0.1, -0.05) is 42.5 Å². The van der Waals surface area contributed by atoms with Crippen LogP contribution >= 0.6 is 0 Å². The highest BCUT2D eigenvalue weighted by molar-refractivity contribution is 6.48. The quantitative estimate of drug-likeness (QED) is 0.639. The average molecular weight is 352 g/mol. The number of hydrogen-bond acceptors (Lipinski definition) is 6. The second-order valence-corrected chi connectivity index (χ2v) is 5.80. The first kappa shape index (κ1) is 17.7. The van der Waals surface area contributed by atoms with E-state index in [1.165, 1.54) is 0 Å². The summed E-state index contributed by atoms with van der Waals surface area (Å²) in [5, 5.41) is 4.18. The van der Waals surface area contributed by atoms with Crippen molar-refractivity contribution in [3.63, 3.8) is 0 Å². The van der Waals surface area contributed by atoms with Gasteiger partial charge in [0.25, 0.3) is 0 Å². The lowest BCUT2D eigenvalue weighted by Gasteiger charge is -2.19. The third-order valence-electron chi connectivity index (χ3n) is 4.24. The van der Waals surface area contributed by atoms with E-state index in [1.807, 2.05) is 18.2 Å². The van der Waals surface area contributed by atoms with Gasteiger partial charge in [-0.2, -0.15) is 5.10 Å². The zero-order chi connectivity index (χ0) is 18.5. The van der Waals surface area contributed by atoms with E-state index >= 15 is 0 Å². The van der Waals surface area contributed by atoms with E-state index in [-0.39, 0.29) is 12.4 Å². The van der Waals surface area contributed by atoms with E-state index in [2.05, 4.69) is 10.5 Å². The molecule has 1 aliphatic rings. The summed E-state index contributed by atoms with van der Waals surface area (Å²) in [6.45, 7) is 2.00. The summed E-state index contributed by atoms with van der Waals surface area (Å²) in [5.74, 6) is -0.494. The summed E-state index contributed by atoms with van der Waals surface area (Å²) in [7, 11) is 1.58. The molecule has 134 valence electrons. The number of esters is 1. The minimum absolute atomic E-state index is 0.217. The molecule has 1 heterocycles. The molecule has 2 aromatic carbocycles. The van der Waals surface area contributed by atoms with Crippen LogP contribution in [0.3, 0.4) is 0 Å². The lowest BCUT2D eigenvalue weighted by Crippen LogP contribution is -2.38. The fraction of sp³-hybridized carbons (Fsp3) is 0.250. The summed E-state index contributed by atoms with van der Waals surface area (Å²) >= 11 is 0. The number of benzene rings is 2. The van der Waals surface area contributed by atoms with Crippen LogP contribution in [0, 0.1) is 0 Å². The van der Waals surface area contributed by atoms with Gasteiger partial charge in [0.15, 0.2) is 6.04 Å². The number of Topliss-reactive ketones (excluding diaryl/α,β-unsaturated/α-hetero) is 1. The number of nitrogens with zero attached hydrogens (tertiary/aromatic N) is 1. The van der Waals surface area contributed by atoms with Gasteiger partial charge in [-0.05, 0) is 24.6 Å². The summed E-state index contributed by atoms with van der Waals surface area (Å²) in [4.78, 5) is 25.3. The van der Waals surface area contributed by atoms with E-state index in [9.17, 15) is 9.59 Å². The Balaban J connectivity index is 1.96. The summed E-state index contributed by atoms with van der Waals surface area (Å²) in [5.41, 5.74) is 4.38. The Kier molecular flexibility index (Phi) is 5.31. The number of rotatable bonds is 6. The van der Waals surface area contributed by atoms with Crippen LogP contribution in [0.2, 0.25) is 0 Å². The largest absolute Gasteiger partial charge is 0.497 e. The molecule has 26 heavy (non-hydrogen) atoms. The molecule has 6 heteroatoms.